The summed E-state index contributed by atoms with van der Waals surface area (Å²) in [5.41, 5.74) is -0.864. The summed E-state index contributed by atoms with van der Waals surface area (Å²) in [5.74, 6) is -0.209. The molecule has 1 N–H and O–H groups in total. The monoisotopic (exact) mass is 505 g/mol. The second-order valence-electron chi connectivity index (χ2n) is 7.58. The molecule has 1 aromatic heterocycles. The normalized spacial score (nSPS) is 13.9. The molecule has 3 aromatic rings. The Labute approximate surface area is 203 Å². The lowest BCUT2D eigenvalue weighted by atomic mass is 10.1. The van der Waals surface area contributed by atoms with Crippen LogP contribution in [0.25, 0.3) is 0 Å². The highest BCUT2D eigenvalue weighted by Crippen LogP contribution is 2.32. The zero-order chi connectivity index (χ0) is 25.0. The van der Waals surface area contributed by atoms with Crippen LogP contribution >= 0.6 is 11.6 Å². The number of nitrogens with one attached hydrogen (secondary N) is 1. The molecule has 35 heavy (non-hydrogen) atoms. The number of rotatable bonds is 4. The van der Waals surface area contributed by atoms with Crippen molar-refractivity contribution < 1.29 is 27.5 Å². The third-order valence-corrected chi connectivity index (χ3v) is 5.48. The Bertz CT molecular complexity index is 1220. The van der Waals surface area contributed by atoms with E-state index >= 15 is 0 Å². The summed E-state index contributed by atoms with van der Waals surface area (Å²) in [6.45, 7) is 1.13. The maximum Gasteiger partial charge on any atom is 0.418 e. The number of nitrogens with zero attached hydrogens (tertiary/aromatic N) is 4. The van der Waals surface area contributed by atoms with Crippen molar-refractivity contribution in [1.29, 1.82) is 0 Å². The standard InChI is InChI=1S/C23H19ClF3N5O3/c24-15-4-3-5-16(14-15)28-22(34)35-20-9-8-19(29-30-20)31-10-12-32(13-11-31)21(33)17-6-1-2-7-18(17)23(25,26)27/h1-9,14H,10-13H2,(H,28,34). The molecule has 1 aliphatic heterocycles. The number of anilines is 2. The van der Waals surface area contributed by atoms with Gasteiger partial charge in [0.25, 0.3) is 5.91 Å². The van der Waals surface area contributed by atoms with Crippen LogP contribution in [0, 0.1) is 0 Å². The number of carbonyl (C=O) groups excluding carboxylic acids is 2. The number of alkyl halides is 3. The van der Waals surface area contributed by atoms with Gasteiger partial charge in [0.15, 0.2) is 5.82 Å². The molecule has 0 atom stereocenters. The average molecular weight is 506 g/mol. The first-order valence-electron chi connectivity index (χ1n) is 10.5. The number of hydrogen-bond donors (Lipinski definition) is 1. The predicted octanol–water partition coefficient (Wildman–Crippen LogP) is 4.72. The molecule has 0 unspecified atom stereocenters. The van der Waals surface area contributed by atoms with Crippen LogP contribution < -0.4 is 15.0 Å². The first-order chi connectivity index (χ1) is 16.7. The fraction of sp³-hybridized carbons (Fsp3) is 0.217. The summed E-state index contributed by atoms with van der Waals surface area (Å²) < 4.78 is 44.9. The molecule has 1 aliphatic rings. The van der Waals surface area contributed by atoms with E-state index in [1.165, 1.54) is 29.2 Å². The minimum atomic E-state index is -4.61. The van der Waals surface area contributed by atoms with Crippen LogP contribution in [0.5, 0.6) is 5.88 Å². The lowest BCUT2D eigenvalue weighted by molar-refractivity contribution is -0.138. The Kier molecular flexibility index (Phi) is 7.06. The van der Waals surface area contributed by atoms with Crippen molar-refractivity contribution in [1.82, 2.24) is 15.1 Å². The summed E-state index contributed by atoms with van der Waals surface area (Å²) in [5, 5.41) is 10.9. The number of piperazine rings is 1. The zero-order valence-corrected chi connectivity index (χ0v) is 18.9. The highest BCUT2D eigenvalue weighted by molar-refractivity contribution is 6.30. The van der Waals surface area contributed by atoms with E-state index in [0.717, 1.165) is 6.07 Å². The molecule has 2 heterocycles. The summed E-state index contributed by atoms with van der Waals surface area (Å²) in [4.78, 5) is 28.0. The Hall–Kier alpha value is -3.86. The van der Waals surface area contributed by atoms with Gasteiger partial charge < -0.3 is 14.5 Å². The van der Waals surface area contributed by atoms with E-state index in [1.807, 2.05) is 4.90 Å². The molecule has 12 heteroatoms. The maximum absolute atomic E-state index is 13.3. The molecule has 0 radical (unpaired) electrons. The number of carbonyl (C=O) groups is 2. The molecule has 1 saturated heterocycles. The van der Waals surface area contributed by atoms with E-state index in [4.69, 9.17) is 16.3 Å². The van der Waals surface area contributed by atoms with Crippen molar-refractivity contribution in [2.75, 3.05) is 36.4 Å². The number of hydrogen-bond acceptors (Lipinski definition) is 6. The second-order valence-corrected chi connectivity index (χ2v) is 8.01. The van der Waals surface area contributed by atoms with Gasteiger partial charge in [0.05, 0.1) is 11.1 Å². The molecule has 2 aromatic carbocycles. The van der Waals surface area contributed by atoms with Gasteiger partial charge in [-0.1, -0.05) is 29.8 Å². The van der Waals surface area contributed by atoms with E-state index in [1.54, 1.807) is 30.3 Å². The Morgan fingerprint density at radius 3 is 2.34 bits per heavy atom. The molecule has 0 spiro atoms. The lowest BCUT2D eigenvalue weighted by Crippen LogP contribution is -2.49. The molecule has 0 aliphatic carbocycles. The number of halogens is 4. The molecule has 182 valence electrons. The molecule has 2 amide bonds. The van der Waals surface area contributed by atoms with E-state index in [0.29, 0.717) is 29.6 Å². The average Bonchev–Trinajstić information content (AvgIpc) is 2.84. The summed E-state index contributed by atoms with van der Waals surface area (Å²) in [6, 6.07) is 14.4. The number of aromatic nitrogens is 2. The highest BCUT2D eigenvalue weighted by atomic mass is 35.5. The van der Waals surface area contributed by atoms with Crippen molar-refractivity contribution in [3.63, 3.8) is 0 Å². The van der Waals surface area contributed by atoms with E-state index in [9.17, 15) is 22.8 Å². The smallest absolute Gasteiger partial charge is 0.389 e. The Morgan fingerprint density at radius 1 is 0.943 bits per heavy atom. The largest absolute Gasteiger partial charge is 0.418 e. The first kappa shape index (κ1) is 24.3. The van der Waals surface area contributed by atoms with E-state index in [-0.39, 0.29) is 24.5 Å². The Balaban J connectivity index is 1.33. The third kappa shape index (κ3) is 5.99. The van der Waals surface area contributed by atoms with Gasteiger partial charge in [0.2, 0.25) is 5.88 Å². The molecule has 8 nitrogen and oxygen atoms in total. The summed E-state index contributed by atoms with van der Waals surface area (Å²) in [6.07, 6.45) is -5.38. The van der Waals surface area contributed by atoms with Crippen LogP contribution in [0.15, 0.2) is 60.7 Å². The molecule has 0 bridgehead atoms. The highest BCUT2D eigenvalue weighted by Gasteiger charge is 2.36. The SMILES string of the molecule is O=C(Nc1cccc(Cl)c1)Oc1ccc(N2CCN(C(=O)c3ccccc3C(F)(F)F)CC2)nn1. The van der Waals surface area contributed by atoms with Crippen molar-refractivity contribution in [3.8, 4) is 5.88 Å². The summed E-state index contributed by atoms with van der Waals surface area (Å²) >= 11 is 5.88. The predicted molar refractivity (Wildman–Crippen MR) is 123 cm³/mol. The van der Waals surface area contributed by atoms with Crippen LogP contribution in [0.2, 0.25) is 5.02 Å². The van der Waals surface area contributed by atoms with Crippen LogP contribution in [0.1, 0.15) is 15.9 Å². The topological polar surface area (TPSA) is 87.7 Å². The fourth-order valence-electron chi connectivity index (χ4n) is 3.57. The van der Waals surface area contributed by atoms with Crippen LogP contribution in [0.3, 0.4) is 0 Å². The first-order valence-corrected chi connectivity index (χ1v) is 10.9. The molecular formula is C23H19ClF3N5O3. The van der Waals surface area contributed by atoms with Crippen molar-refractivity contribution in [2.45, 2.75) is 6.18 Å². The van der Waals surface area contributed by atoms with E-state index < -0.39 is 23.7 Å². The second kappa shape index (κ2) is 10.2. The molecule has 4 rings (SSSR count). The Morgan fingerprint density at radius 2 is 1.69 bits per heavy atom. The van der Waals surface area contributed by atoms with Gasteiger partial charge in [-0.3, -0.25) is 10.1 Å². The van der Waals surface area contributed by atoms with Crippen molar-refractivity contribution in [2.24, 2.45) is 0 Å². The van der Waals surface area contributed by atoms with Crippen LogP contribution in [0.4, 0.5) is 29.5 Å². The minimum absolute atomic E-state index is 0.0224. The molecule has 1 fully saturated rings. The number of ether oxygens (including phenoxy) is 1. The zero-order valence-electron chi connectivity index (χ0n) is 18.1. The molecular weight excluding hydrogens is 487 g/mol. The van der Waals surface area contributed by atoms with Gasteiger partial charge in [-0.25, -0.2) is 4.79 Å². The van der Waals surface area contributed by atoms with Gasteiger partial charge >= 0.3 is 12.3 Å². The summed E-state index contributed by atoms with van der Waals surface area (Å²) in [7, 11) is 0. The van der Waals surface area contributed by atoms with Gasteiger partial charge in [-0.15, -0.1) is 10.2 Å². The number of benzene rings is 2. The number of amides is 2. The van der Waals surface area contributed by atoms with E-state index in [2.05, 4.69) is 15.5 Å². The lowest BCUT2D eigenvalue weighted by Gasteiger charge is -2.35. The maximum atomic E-state index is 13.3. The van der Waals surface area contributed by atoms with Gasteiger partial charge in [0.1, 0.15) is 0 Å². The van der Waals surface area contributed by atoms with Crippen molar-refractivity contribution in [3.05, 3.63) is 76.8 Å². The van der Waals surface area contributed by atoms with Crippen molar-refractivity contribution >= 4 is 35.1 Å². The van der Waals surface area contributed by atoms with Gasteiger partial charge in [-0.05, 0) is 36.4 Å². The van der Waals surface area contributed by atoms with Crippen LogP contribution in [-0.4, -0.2) is 53.3 Å². The van der Waals surface area contributed by atoms with Gasteiger partial charge in [-0.2, -0.15) is 13.2 Å². The quantitative estimate of drug-likeness (QED) is 0.552. The third-order valence-electron chi connectivity index (χ3n) is 5.25. The molecule has 0 saturated carbocycles. The van der Waals surface area contributed by atoms with Crippen LogP contribution in [-0.2, 0) is 6.18 Å². The van der Waals surface area contributed by atoms with Gasteiger partial charge in [0, 0.05) is 43.0 Å². The fourth-order valence-corrected chi connectivity index (χ4v) is 3.76. The minimum Gasteiger partial charge on any atom is -0.389 e.